The predicted molar refractivity (Wildman–Crippen MR) is 84.4 cm³/mol. The van der Waals surface area contributed by atoms with E-state index in [1.165, 1.54) is 11.4 Å². The van der Waals surface area contributed by atoms with Crippen LogP contribution in [0.25, 0.3) is 0 Å². The van der Waals surface area contributed by atoms with Crippen molar-refractivity contribution in [1.29, 1.82) is 0 Å². The van der Waals surface area contributed by atoms with Gasteiger partial charge in [-0.3, -0.25) is 9.36 Å². The fourth-order valence-corrected chi connectivity index (χ4v) is 2.18. The predicted octanol–water partition coefficient (Wildman–Crippen LogP) is 3.41. The number of aryl methyl sites for hydroxylation is 1. The molecule has 2 aromatic rings. The molecular formula is C14H24ClN5. The second-order valence-electron chi connectivity index (χ2n) is 4.84. The van der Waals surface area contributed by atoms with E-state index in [9.17, 15) is 0 Å². The summed E-state index contributed by atoms with van der Waals surface area (Å²) in [6, 6.07) is 2.50. The highest BCUT2D eigenvalue weighted by Gasteiger charge is 2.09. The Kier molecular flexibility index (Phi) is 6.07. The van der Waals surface area contributed by atoms with Crippen LogP contribution < -0.4 is 5.32 Å². The molecule has 0 aromatic carbocycles. The van der Waals surface area contributed by atoms with Crippen molar-refractivity contribution in [1.82, 2.24) is 19.6 Å². The van der Waals surface area contributed by atoms with Crippen molar-refractivity contribution in [2.45, 2.75) is 53.2 Å². The minimum atomic E-state index is 0. The van der Waals surface area contributed by atoms with E-state index >= 15 is 0 Å². The van der Waals surface area contributed by atoms with Crippen LogP contribution in [0.1, 0.15) is 44.6 Å². The molecule has 0 radical (unpaired) electrons. The molecule has 2 heterocycles. The first kappa shape index (κ1) is 16.6. The van der Waals surface area contributed by atoms with Gasteiger partial charge in [0.25, 0.3) is 0 Å². The van der Waals surface area contributed by atoms with Crippen molar-refractivity contribution < 1.29 is 0 Å². The summed E-state index contributed by atoms with van der Waals surface area (Å²) in [5.41, 5.74) is 3.48. The second-order valence-corrected chi connectivity index (χ2v) is 4.84. The van der Waals surface area contributed by atoms with Gasteiger partial charge in [-0.05, 0) is 33.3 Å². The molecule has 0 saturated carbocycles. The topological polar surface area (TPSA) is 47.7 Å². The van der Waals surface area contributed by atoms with Gasteiger partial charge in [-0.15, -0.1) is 12.4 Å². The standard InChI is InChI=1S/C14H23N5.ClH/c1-5-11(3)19-13(7-8-16-19)9-15-14-10-17-18(6-2)12(14)4;/h7-8,10-11,15H,5-6,9H2,1-4H3;1H. The fraction of sp³-hybridized carbons (Fsp3) is 0.571. The Balaban J connectivity index is 0.00000200. The maximum atomic E-state index is 4.40. The largest absolute Gasteiger partial charge is 0.377 e. The highest BCUT2D eigenvalue weighted by Crippen LogP contribution is 2.17. The monoisotopic (exact) mass is 297 g/mol. The number of rotatable bonds is 6. The molecule has 112 valence electrons. The number of halogens is 1. The highest BCUT2D eigenvalue weighted by molar-refractivity contribution is 5.85. The molecule has 2 rings (SSSR count). The summed E-state index contributed by atoms with van der Waals surface area (Å²) in [5, 5.41) is 12.2. The average molecular weight is 298 g/mol. The Morgan fingerprint density at radius 1 is 1.30 bits per heavy atom. The minimum Gasteiger partial charge on any atom is -0.377 e. The third-order valence-corrected chi connectivity index (χ3v) is 3.62. The van der Waals surface area contributed by atoms with Crippen molar-refractivity contribution >= 4 is 18.1 Å². The van der Waals surface area contributed by atoms with Crippen LogP contribution in [-0.2, 0) is 13.1 Å². The molecule has 0 aliphatic rings. The van der Waals surface area contributed by atoms with Gasteiger partial charge in [-0.2, -0.15) is 10.2 Å². The minimum absolute atomic E-state index is 0. The lowest BCUT2D eigenvalue weighted by Crippen LogP contribution is -2.12. The number of anilines is 1. The zero-order valence-corrected chi connectivity index (χ0v) is 13.4. The van der Waals surface area contributed by atoms with E-state index in [4.69, 9.17) is 0 Å². The lowest BCUT2D eigenvalue weighted by Gasteiger charge is -2.14. The number of hydrogen-bond acceptors (Lipinski definition) is 3. The van der Waals surface area contributed by atoms with E-state index in [0.29, 0.717) is 6.04 Å². The number of nitrogens with zero attached hydrogens (tertiary/aromatic N) is 4. The lowest BCUT2D eigenvalue weighted by molar-refractivity contribution is 0.462. The maximum Gasteiger partial charge on any atom is 0.0759 e. The van der Waals surface area contributed by atoms with Crippen LogP contribution in [0, 0.1) is 6.92 Å². The quantitative estimate of drug-likeness (QED) is 0.889. The van der Waals surface area contributed by atoms with Gasteiger partial charge in [-0.1, -0.05) is 6.92 Å². The molecule has 2 aromatic heterocycles. The first-order valence-corrected chi connectivity index (χ1v) is 6.96. The fourth-order valence-electron chi connectivity index (χ4n) is 2.18. The third-order valence-electron chi connectivity index (χ3n) is 3.62. The zero-order valence-electron chi connectivity index (χ0n) is 12.6. The molecule has 0 bridgehead atoms. The van der Waals surface area contributed by atoms with Crippen LogP contribution in [0.15, 0.2) is 18.5 Å². The number of hydrogen-bond donors (Lipinski definition) is 1. The molecular weight excluding hydrogens is 274 g/mol. The van der Waals surface area contributed by atoms with Gasteiger partial charge in [0.05, 0.1) is 29.8 Å². The van der Waals surface area contributed by atoms with E-state index in [2.05, 4.69) is 54.0 Å². The molecule has 0 amide bonds. The highest BCUT2D eigenvalue weighted by atomic mass is 35.5. The zero-order chi connectivity index (χ0) is 13.8. The van der Waals surface area contributed by atoms with Crippen molar-refractivity contribution in [2.75, 3.05) is 5.32 Å². The number of nitrogens with one attached hydrogen (secondary N) is 1. The summed E-state index contributed by atoms with van der Waals surface area (Å²) in [4.78, 5) is 0. The summed E-state index contributed by atoms with van der Waals surface area (Å²) in [6.45, 7) is 10.2. The van der Waals surface area contributed by atoms with Gasteiger partial charge in [0.15, 0.2) is 0 Å². The molecule has 1 unspecified atom stereocenters. The Bertz CT molecular complexity index is 531. The van der Waals surface area contributed by atoms with Gasteiger partial charge < -0.3 is 5.32 Å². The molecule has 0 spiro atoms. The molecule has 5 nitrogen and oxygen atoms in total. The van der Waals surface area contributed by atoms with Gasteiger partial charge in [-0.25, -0.2) is 0 Å². The molecule has 0 fully saturated rings. The molecule has 0 aliphatic carbocycles. The second kappa shape index (κ2) is 7.33. The summed E-state index contributed by atoms with van der Waals surface area (Å²) in [5.74, 6) is 0. The van der Waals surface area contributed by atoms with E-state index in [1.807, 2.05) is 17.1 Å². The molecule has 20 heavy (non-hydrogen) atoms. The SMILES string of the molecule is CCC(C)n1nccc1CNc1cnn(CC)c1C.Cl. The lowest BCUT2D eigenvalue weighted by atomic mass is 10.2. The summed E-state index contributed by atoms with van der Waals surface area (Å²) in [6.07, 6.45) is 4.84. The van der Waals surface area contributed by atoms with Gasteiger partial charge in [0, 0.05) is 18.8 Å². The van der Waals surface area contributed by atoms with Crippen LogP contribution in [0.3, 0.4) is 0 Å². The van der Waals surface area contributed by atoms with E-state index in [0.717, 1.165) is 25.2 Å². The molecule has 1 N–H and O–H groups in total. The van der Waals surface area contributed by atoms with Crippen LogP contribution in [0.4, 0.5) is 5.69 Å². The number of aromatic nitrogens is 4. The van der Waals surface area contributed by atoms with E-state index < -0.39 is 0 Å². The summed E-state index contributed by atoms with van der Waals surface area (Å²) < 4.78 is 4.08. The Morgan fingerprint density at radius 3 is 2.65 bits per heavy atom. The van der Waals surface area contributed by atoms with Crippen molar-refractivity contribution in [3.05, 3.63) is 29.8 Å². The molecule has 1 atom stereocenters. The molecule has 6 heteroatoms. The Labute approximate surface area is 126 Å². The van der Waals surface area contributed by atoms with Gasteiger partial charge >= 0.3 is 0 Å². The van der Waals surface area contributed by atoms with Gasteiger partial charge in [0.2, 0.25) is 0 Å². The van der Waals surface area contributed by atoms with E-state index in [1.54, 1.807) is 0 Å². The Hall–Kier alpha value is -1.49. The van der Waals surface area contributed by atoms with Crippen molar-refractivity contribution in [3.8, 4) is 0 Å². The summed E-state index contributed by atoms with van der Waals surface area (Å²) in [7, 11) is 0. The maximum absolute atomic E-state index is 4.40. The van der Waals surface area contributed by atoms with Crippen LogP contribution in [0.5, 0.6) is 0 Å². The normalized spacial score (nSPS) is 12.0. The van der Waals surface area contributed by atoms with Gasteiger partial charge in [0.1, 0.15) is 0 Å². The Morgan fingerprint density at radius 2 is 2.05 bits per heavy atom. The molecule has 0 saturated heterocycles. The van der Waals surface area contributed by atoms with Crippen LogP contribution in [0.2, 0.25) is 0 Å². The van der Waals surface area contributed by atoms with Crippen LogP contribution in [-0.4, -0.2) is 19.6 Å². The smallest absolute Gasteiger partial charge is 0.0759 e. The first-order chi connectivity index (χ1) is 9.17. The third kappa shape index (κ3) is 3.33. The summed E-state index contributed by atoms with van der Waals surface area (Å²) >= 11 is 0. The first-order valence-electron chi connectivity index (χ1n) is 6.96. The van der Waals surface area contributed by atoms with Crippen molar-refractivity contribution in [3.63, 3.8) is 0 Å². The average Bonchev–Trinajstić information content (AvgIpc) is 3.02. The molecule has 0 aliphatic heterocycles. The van der Waals surface area contributed by atoms with E-state index in [-0.39, 0.29) is 12.4 Å². The van der Waals surface area contributed by atoms with Crippen molar-refractivity contribution in [2.24, 2.45) is 0 Å². The van der Waals surface area contributed by atoms with Crippen LogP contribution >= 0.6 is 12.4 Å².